The maximum absolute atomic E-state index is 12.4. The fourth-order valence-electron chi connectivity index (χ4n) is 2.65. The number of hydrogen-bond donors (Lipinski definition) is 2. The molecule has 0 aliphatic heterocycles. The van der Waals surface area contributed by atoms with E-state index in [1.165, 1.54) is 11.3 Å². The van der Waals surface area contributed by atoms with Crippen molar-refractivity contribution in [3.8, 4) is 11.3 Å². The summed E-state index contributed by atoms with van der Waals surface area (Å²) in [5, 5.41) is 8.41. The van der Waals surface area contributed by atoms with Crippen LogP contribution in [0.15, 0.2) is 66.0 Å². The van der Waals surface area contributed by atoms with Crippen LogP contribution in [0.25, 0.3) is 11.3 Å². The van der Waals surface area contributed by atoms with Gasteiger partial charge in [-0.1, -0.05) is 60.7 Å². The van der Waals surface area contributed by atoms with Crippen molar-refractivity contribution in [2.45, 2.75) is 6.04 Å². The van der Waals surface area contributed by atoms with E-state index < -0.39 is 0 Å². The molecular formula is C20H22N4OS. The van der Waals surface area contributed by atoms with Gasteiger partial charge in [0.15, 0.2) is 5.13 Å². The second-order valence-electron chi connectivity index (χ2n) is 6.23. The molecule has 1 atom stereocenters. The van der Waals surface area contributed by atoms with Crippen molar-refractivity contribution in [3.63, 3.8) is 0 Å². The maximum atomic E-state index is 12.4. The lowest BCUT2D eigenvalue weighted by molar-refractivity contribution is 0.244. The van der Waals surface area contributed by atoms with Gasteiger partial charge >= 0.3 is 6.03 Å². The van der Waals surface area contributed by atoms with Crippen molar-refractivity contribution in [2.24, 2.45) is 0 Å². The van der Waals surface area contributed by atoms with Gasteiger partial charge in [-0.25, -0.2) is 9.78 Å². The van der Waals surface area contributed by atoms with Crippen LogP contribution in [0.2, 0.25) is 0 Å². The number of urea groups is 1. The number of nitrogens with zero attached hydrogens (tertiary/aromatic N) is 2. The molecule has 134 valence electrons. The first-order valence-corrected chi connectivity index (χ1v) is 9.28. The molecule has 6 heteroatoms. The van der Waals surface area contributed by atoms with Gasteiger partial charge in [0.1, 0.15) is 0 Å². The number of nitrogens with one attached hydrogen (secondary N) is 2. The Morgan fingerprint density at radius 3 is 2.38 bits per heavy atom. The summed E-state index contributed by atoms with van der Waals surface area (Å²) in [5.41, 5.74) is 2.96. The maximum Gasteiger partial charge on any atom is 0.321 e. The Morgan fingerprint density at radius 1 is 1.08 bits per heavy atom. The molecule has 0 fully saturated rings. The van der Waals surface area contributed by atoms with E-state index in [4.69, 9.17) is 0 Å². The zero-order valence-electron chi connectivity index (χ0n) is 14.8. The lowest BCUT2D eigenvalue weighted by Crippen LogP contribution is -2.37. The van der Waals surface area contributed by atoms with Gasteiger partial charge < -0.3 is 10.2 Å². The van der Waals surface area contributed by atoms with Crippen LogP contribution in [0.3, 0.4) is 0 Å². The average Bonchev–Trinajstić information content (AvgIpc) is 3.10. The second kappa shape index (κ2) is 8.60. The van der Waals surface area contributed by atoms with E-state index >= 15 is 0 Å². The minimum atomic E-state index is -0.255. The largest absolute Gasteiger partial charge is 0.330 e. The van der Waals surface area contributed by atoms with Gasteiger partial charge in [0.05, 0.1) is 11.7 Å². The molecule has 1 heterocycles. The molecule has 2 N–H and O–H groups in total. The van der Waals surface area contributed by atoms with Gasteiger partial charge in [0.2, 0.25) is 0 Å². The Labute approximate surface area is 157 Å². The summed E-state index contributed by atoms with van der Waals surface area (Å²) in [6.45, 7) is 0.713. The van der Waals surface area contributed by atoms with Crippen molar-refractivity contribution < 1.29 is 4.79 Å². The Balaban J connectivity index is 1.66. The minimum absolute atomic E-state index is 0.0974. The highest BCUT2D eigenvalue weighted by atomic mass is 32.1. The van der Waals surface area contributed by atoms with E-state index in [1.807, 2.05) is 80.1 Å². The molecule has 3 aromatic rings. The first-order chi connectivity index (χ1) is 12.6. The number of rotatable bonds is 6. The van der Waals surface area contributed by atoms with E-state index in [9.17, 15) is 4.79 Å². The number of anilines is 1. The minimum Gasteiger partial charge on any atom is -0.330 e. The van der Waals surface area contributed by atoms with Gasteiger partial charge in [0, 0.05) is 17.5 Å². The van der Waals surface area contributed by atoms with E-state index in [0.717, 1.165) is 16.8 Å². The molecule has 0 radical (unpaired) electrons. The normalized spacial score (nSPS) is 12.0. The van der Waals surface area contributed by atoms with Crippen molar-refractivity contribution in [3.05, 3.63) is 71.6 Å². The predicted octanol–water partition coefficient (Wildman–Crippen LogP) is 4.23. The first kappa shape index (κ1) is 18.1. The zero-order valence-corrected chi connectivity index (χ0v) is 15.7. The summed E-state index contributed by atoms with van der Waals surface area (Å²) in [7, 11) is 3.98. The highest BCUT2D eigenvalue weighted by Crippen LogP contribution is 2.24. The van der Waals surface area contributed by atoms with Crippen LogP contribution < -0.4 is 10.6 Å². The molecule has 0 spiro atoms. The number of benzene rings is 2. The highest BCUT2D eigenvalue weighted by Gasteiger charge is 2.16. The van der Waals surface area contributed by atoms with Crippen molar-refractivity contribution in [2.75, 3.05) is 26.0 Å². The van der Waals surface area contributed by atoms with Crippen LogP contribution in [0.4, 0.5) is 9.93 Å². The third-order valence-electron chi connectivity index (χ3n) is 3.85. The molecule has 5 nitrogen and oxygen atoms in total. The molecule has 0 saturated heterocycles. The third-order valence-corrected chi connectivity index (χ3v) is 4.61. The van der Waals surface area contributed by atoms with E-state index in [1.54, 1.807) is 0 Å². The molecule has 0 saturated carbocycles. The quantitative estimate of drug-likeness (QED) is 0.686. The predicted molar refractivity (Wildman–Crippen MR) is 107 cm³/mol. The van der Waals surface area contributed by atoms with Crippen LogP contribution in [0.5, 0.6) is 0 Å². The molecule has 3 rings (SSSR count). The summed E-state index contributed by atoms with van der Waals surface area (Å²) in [4.78, 5) is 19.0. The molecule has 1 aromatic heterocycles. The molecule has 26 heavy (non-hydrogen) atoms. The van der Waals surface area contributed by atoms with Gasteiger partial charge in [-0.2, -0.15) is 0 Å². The average molecular weight is 366 g/mol. The van der Waals surface area contributed by atoms with Crippen LogP contribution in [-0.4, -0.2) is 36.6 Å². The second-order valence-corrected chi connectivity index (χ2v) is 7.09. The number of hydrogen-bond acceptors (Lipinski definition) is 4. The number of amides is 2. The number of carbonyl (C=O) groups is 1. The third kappa shape index (κ3) is 4.91. The number of likely N-dealkylation sites (N-methyl/N-ethyl adjacent to an activating group) is 1. The summed E-state index contributed by atoms with van der Waals surface area (Å²) >= 11 is 1.42. The van der Waals surface area contributed by atoms with Crippen molar-refractivity contribution in [1.82, 2.24) is 15.2 Å². The van der Waals surface area contributed by atoms with Crippen LogP contribution in [-0.2, 0) is 0 Å². The Morgan fingerprint density at radius 2 is 1.73 bits per heavy atom. The van der Waals surface area contributed by atoms with Crippen LogP contribution >= 0.6 is 11.3 Å². The molecule has 0 aliphatic rings. The topological polar surface area (TPSA) is 57.3 Å². The molecular weight excluding hydrogens is 344 g/mol. The molecule has 2 aromatic carbocycles. The van der Waals surface area contributed by atoms with Crippen molar-refractivity contribution >= 4 is 22.5 Å². The van der Waals surface area contributed by atoms with Gasteiger partial charge in [0.25, 0.3) is 0 Å². The van der Waals surface area contributed by atoms with Crippen LogP contribution in [0.1, 0.15) is 11.6 Å². The lowest BCUT2D eigenvalue weighted by Gasteiger charge is -2.22. The summed E-state index contributed by atoms with van der Waals surface area (Å²) in [5.74, 6) is 0. The standard InChI is InChI=1S/C20H22N4OS/c1-24(2)13-17(15-9-5-3-6-10-15)21-19(25)23-20-22-18(14-26-20)16-11-7-4-8-12-16/h3-12,14,17H,13H2,1-2H3,(H2,21,22,23,25). The monoisotopic (exact) mass is 366 g/mol. The summed E-state index contributed by atoms with van der Waals surface area (Å²) in [6, 6.07) is 19.5. The smallest absolute Gasteiger partial charge is 0.321 e. The fraction of sp³-hybridized carbons (Fsp3) is 0.200. The SMILES string of the molecule is CN(C)CC(NC(=O)Nc1nc(-c2ccccc2)cs1)c1ccccc1. The van der Waals surface area contributed by atoms with Gasteiger partial charge in [-0.15, -0.1) is 11.3 Å². The zero-order chi connectivity index (χ0) is 18.4. The first-order valence-electron chi connectivity index (χ1n) is 8.40. The van der Waals surface area contributed by atoms with Gasteiger partial charge in [-0.3, -0.25) is 5.32 Å². The van der Waals surface area contributed by atoms with Gasteiger partial charge in [-0.05, 0) is 19.7 Å². The van der Waals surface area contributed by atoms with Crippen LogP contribution in [0, 0.1) is 0 Å². The highest BCUT2D eigenvalue weighted by molar-refractivity contribution is 7.14. The van der Waals surface area contributed by atoms with E-state index in [2.05, 4.69) is 20.5 Å². The Hall–Kier alpha value is -2.70. The molecule has 0 bridgehead atoms. The number of thiazole rings is 1. The van der Waals surface area contributed by atoms with Crippen molar-refractivity contribution in [1.29, 1.82) is 0 Å². The van der Waals surface area contributed by atoms with E-state index in [-0.39, 0.29) is 12.1 Å². The number of carbonyl (C=O) groups excluding carboxylic acids is 1. The fourth-order valence-corrected chi connectivity index (χ4v) is 3.36. The Bertz CT molecular complexity index is 833. The molecule has 0 aliphatic carbocycles. The number of aromatic nitrogens is 1. The summed E-state index contributed by atoms with van der Waals surface area (Å²) < 4.78 is 0. The molecule has 2 amide bonds. The summed E-state index contributed by atoms with van der Waals surface area (Å²) in [6.07, 6.45) is 0. The molecule has 1 unspecified atom stereocenters. The lowest BCUT2D eigenvalue weighted by atomic mass is 10.1. The van der Waals surface area contributed by atoms with E-state index in [0.29, 0.717) is 11.7 Å². The Kier molecular flexibility index (Phi) is 5.99.